The fourth-order valence-electron chi connectivity index (χ4n) is 0.462. The summed E-state index contributed by atoms with van der Waals surface area (Å²) in [6, 6.07) is 0. The first-order valence-corrected chi connectivity index (χ1v) is 2.76. The summed E-state index contributed by atoms with van der Waals surface area (Å²) in [4.78, 5) is 3.59. The van der Waals surface area contributed by atoms with Gasteiger partial charge < -0.3 is 0 Å². The molecule has 0 saturated carbocycles. The smallest absolute Gasteiger partial charge is 0.0332 e. The summed E-state index contributed by atoms with van der Waals surface area (Å²) in [5.41, 5.74) is 0.979. The van der Waals surface area contributed by atoms with Gasteiger partial charge >= 0.3 is 0 Å². The van der Waals surface area contributed by atoms with Gasteiger partial charge in [0.05, 0.1) is 0 Å². The van der Waals surface area contributed by atoms with Crippen LogP contribution in [0.3, 0.4) is 0 Å². The number of hydrogen-bond acceptors (Lipinski definition) is 1. The van der Waals surface area contributed by atoms with E-state index >= 15 is 0 Å². The van der Waals surface area contributed by atoms with Gasteiger partial charge in [0, 0.05) is 6.20 Å². The van der Waals surface area contributed by atoms with Crippen LogP contribution < -0.4 is 0 Å². The third kappa shape index (κ3) is 3.47. The average Bonchev–Trinajstić information content (AvgIpc) is 1.88. The van der Waals surface area contributed by atoms with Gasteiger partial charge in [-0.25, -0.2) is 0 Å². The number of allylic oxidation sites excluding steroid dienone is 4. The fourth-order valence-corrected chi connectivity index (χ4v) is 0.462. The highest BCUT2D eigenvalue weighted by molar-refractivity contribution is 5.33. The van der Waals surface area contributed by atoms with Gasteiger partial charge in [-0.15, -0.1) is 0 Å². The van der Waals surface area contributed by atoms with Crippen molar-refractivity contribution in [3.63, 3.8) is 0 Å². The molecule has 0 fully saturated rings. The van der Waals surface area contributed by atoms with Crippen LogP contribution in [-0.2, 0) is 0 Å². The van der Waals surface area contributed by atoms with Crippen molar-refractivity contribution in [1.82, 2.24) is 0 Å². The van der Waals surface area contributed by atoms with Crippen molar-refractivity contribution in [2.75, 3.05) is 0 Å². The Morgan fingerprint density at radius 2 is 2.22 bits per heavy atom. The topological polar surface area (TPSA) is 12.4 Å². The summed E-state index contributed by atoms with van der Waals surface area (Å²) in [6.07, 6.45) is 7.24. The molecular weight excluding hydrogens is 110 g/mol. The number of nitrogens with zero attached hydrogens (tertiary/aromatic N) is 1. The molecule has 0 heterocycles. The molecule has 1 nitrogen and oxygen atoms in total. The summed E-state index contributed by atoms with van der Waals surface area (Å²) in [6.45, 7) is 8.86. The van der Waals surface area contributed by atoms with Crippen LogP contribution in [0.2, 0.25) is 0 Å². The highest BCUT2D eigenvalue weighted by Gasteiger charge is 1.77. The van der Waals surface area contributed by atoms with Gasteiger partial charge in [-0.3, -0.25) is 4.99 Å². The highest BCUT2D eigenvalue weighted by Crippen LogP contribution is 1.96. The van der Waals surface area contributed by atoms with Gasteiger partial charge in [0.2, 0.25) is 0 Å². The molecule has 0 aliphatic carbocycles. The second kappa shape index (κ2) is 5.04. The monoisotopic (exact) mass is 121 g/mol. The van der Waals surface area contributed by atoms with E-state index in [2.05, 4.69) is 18.3 Å². The summed E-state index contributed by atoms with van der Waals surface area (Å²) in [7, 11) is 0. The van der Waals surface area contributed by atoms with Gasteiger partial charge in [0.25, 0.3) is 0 Å². The van der Waals surface area contributed by atoms with Crippen molar-refractivity contribution in [1.29, 1.82) is 0 Å². The molecule has 0 aromatic carbocycles. The van der Waals surface area contributed by atoms with Crippen LogP contribution in [0.5, 0.6) is 0 Å². The van der Waals surface area contributed by atoms with Crippen LogP contribution in [0, 0.1) is 0 Å². The lowest BCUT2D eigenvalue weighted by molar-refractivity contribution is 1.52. The summed E-state index contributed by atoms with van der Waals surface area (Å²) in [5, 5.41) is 0. The van der Waals surface area contributed by atoms with Crippen LogP contribution in [0.1, 0.15) is 6.92 Å². The largest absolute Gasteiger partial charge is 0.272 e. The van der Waals surface area contributed by atoms with Crippen LogP contribution in [0.25, 0.3) is 0 Å². The molecule has 0 N–H and O–H groups in total. The Labute approximate surface area is 56.1 Å². The van der Waals surface area contributed by atoms with E-state index in [1.807, 2.05) is 19.1 Å². The van der Waals surface area contributed by atoms with E-state index < -0.39 is 0 Å². The van der Waals surface area contributed by atoms with Crippen LogP contribution in [0.4, 0.5) is 0 Å². The zero-order valence-electron chi connectivity index (χ0n) is 5.67. The van der Waals surface area contributed by atoms with Crippen LogP contribution in [0.15, 0.2) is 41.6 Å². The first kappa shape index (κ1) is 7.89. The van der Waals surface area contributed by atoms with Crippen molar-refractivity contribution >= 4 is 6.72 Å². The molecule has 0 radical (unpaired) electrons. The Hall–Kier alpha value is -1.11. The second-order valence-electron chi connectivity index (χ2n) is 1.52. The lowest BCUT2D eigenvalue weighted by Crippen LogP contribution is -1.65. The highest BCUT2D eigenvalue weighted by atomic mass is 14.6. The number of rotatable bonds is 3. The maximum Gasteiger partial charge on any atom is 0.0332 e. The molecule has 0 amide bonds. The first-order chi connectivity index (χ1) is 4.35. The lowest BCUT2D eigenvalue weighted by Gasteiger charge is -1.85. The van der Waals surface area contributed by atoms with E-state index in [9.17, 15) is 0 Å². The Bertz CT molecular complexity index is 152. The van der Waals surface area contributed by atoms with Crippen LogP contribution >= 0.6 is 0 Å². The number of aliphatic imine (C=N–C) groups is 1. The Morgan fingerprint density at radius 1 is 1.56 bits per heavy atom. The molecule has 0 aliphatic heterocycles. The molecule has 0 unspecified atom stereocenters. The minimum absolute atomic E-state index is 0.979. The molecule has 9 heavy (non-hydrogen) atoms. The molecule has 0 atom stereocenters. The van der Waals surface area contributed by atoms with E-state index in [0.717, 1.165) is 5.57 Å². The maximum absolute atomic E-state index is 3.59. The maximum atomic E-state index is 3.59. The molecule has 1 heteroatoms. The van der Waals surface area contributed by atoms with Crippen molar-refractivity contribution in [2.24, 2.45) is 4.99 Å². The normalized spacial score (nSPS) is 11.9. The quantitative estimate of drug-likeness (QED) is 0.401. The molecule has 0 aliphatic rings. The van der Waals surface area contributed by atoms with Crippen molar-refractivity contribution in [3.05, 3.63) is 36.6 Å². The van der Waals surface area contributed by atoms with Gasteiger partial charge in [-0.2, -0.15) is 0 Å². The van der Waals surface area contributed by atoms with Gasteiger partial charge in [0.1, 0.15) is 0 Å². The summed E-state index contributed by atoms with van der Waals surface area (Å²) >= 11 is 0. The molecule has 0 bridgehead atoms. The van der Waals surface area contributed by atoms with E-state index in [0.29, 0.717) is 0 Å². The minimum atomic E-state index is 0.979. The summed E-state index contributed by atoms with van der Waals surface area (Å²) < 4.78 is 0. The predicted octanol–water partition coefficient (Wildman–Crippen LogP) is 2.33. The first-order valence-electron chi connectivity index (χ1n) is 2.76. The molecule has 0 aromatic heterocycles. The molecule has 0 spiro atoms. The van der Waals surface area contributed by atoms with Gasteiger partial charge in [-0.05, 0) is 19.2 Å². The minimum Gasteiger partial charge on any atom is -0.272 e. The predicted molar refractivity (Wildman–Crippen MR) is 42.6 cm³/mol. The van der Waals surface area contributed by atoms with Gasteiger partial charge in [-0.1, -0.05) is 24.8 Å². The third-order valence-corrected chi connectivity index (χ3v) is 0.835. The standard InChI is InChI=1S/C8H11N/c1-4-6-8(5-2)7-9-3/h4-7H,2-3H2,1H3/b6-4+,8-7+. The molecule has 0 aromatic rings. The van der Waals surface area contributed by atoms with Gasteiger partial charge in [0.15, 0.2) is 0 Å². The van der Waals surface area contributed by atoms with E-state index in [1.165, 1.54) is 0 Å². The zero-order valence-corrected chi connectivity index (χ0v) is 5.67. The van der Waals surface area contributed by atoms with Crippen molar-refractivity contribution in [2.45, 2.75) is 6.92 Å². The summed E-state index contributed by atoms with van der Waals surface area (Å²) in [5.74, 6) is 0. The average molecular weight is 121 g/mol. The molecule has 0 saturated heterocycles. The second-order valence-corrected chi connectivity index (χ2v) is 1.52. The Balaban J connectivity index is 4.13. The molecule has 48 valence electrons. The van der Waals surface area contributed by atoms with Crippen molar-refractivity contribution in [3.8, 4) is 0 Å². The Morgan fingerprint density at radius 3 is 2.56 bits per heavy atom. The fraction of sp³-hybridized carbons (Fsp3) is 0.125. The lowest BCUT2D eigenvalue weighted by atomic mass is 10.3. The third-order valence-electron chi connectivity index (χ3n) is 0.835. The molecular formula is C8H11N. The van der Waals surface area contributed by atoms with Crippen LogP contribution in [-0.4, -0.2) is 6.72 Å². The van der Waals surface area contributed by atoms with E-state index in [4.69, 9.17) is 0 Å². The van der Waals surface area contributed by atoms with E-state index in [1.54, 1.807) is 12.3 Å². The van der Waals surface area contributed by atoms with E-state index in [-0.39, 0.29) is 0 Å². The molecule has 0 rings (SSSR count). The Kier molecular flexibility index (Phi) is 4.41. The van der Waals surface area contributed by atoms with Crippen molar-refractivity contribution < 1.29 is 0 Å². The SMILES string of the molecule is C=CC(/C=C/C)=C\N=C. The zero-order chi connectivity index (χ0) is 7.11. The number of hydrogen-bond donors (Lipinski definition) is 0.